The van der Waals surface area contributed by atoms with E-state index >= 15 is 0 Å². The van der Waals surface area contributed by atoms with Crippen molar-refractivity contribution >= 4 is 41.2 Å². The zero-order valence-electron chi connectivity index (χ0n) is 16.4. The second-order valence-electron chi connectivity index (χ2n) is 6.56. The van der Waals surface area contributed by atoms with Crippen molar-refractivity contribution in [2.75, 3.05) is 6.61 Å². The zero-order chi connectivity index (χ0) is 21.4. The number of hydrazone groups is 1. The molecule has 29 heavy (non-hydrogen) atoms. The lowest BCUT2D eigenvalue weighted by molar-refractivity contribution is -0.123. The average molecular weight is 436 g/mol. The molecule has 0 aliphatic carbocycles. The standard InChI is InChI=1S/C21H23Cl2N3O3/c1-4-29-16-8-5-14(6-9-16)12-24-26-21(28)19(13(2)3)25-20(27)15-7-10-17(22)18(23)11-15/h5-13,19H,4H2,1-3H3,(H,25,27)(H,26,28)/b24-12+. The summed E-state index contributed by atoms with van der Waals surface area (Å²) in [6.07, 6.45) is 1.52. The van der Waals surface area contributed by atoms with Crippen LogP contribution in [-0.4, -0.2) is 30.7 Å². The molecule has 2 aromatic carbocycles. The van der Waals surface area contributed by atoms with Crippen LogP contribution in [0.1, 0.15) is 36.7 Å². The molecule has 154 valence electrons. The highest BCUT2D eigenvalue weighted by Gasteiger charge is 2.24. The van der Waals surface area contributed by atoms with Crippen LogP contribution in [0.25, 0.3) is 0 Å². The van der Waals surface area contributed by atoms with Crippen LogP contribution in [0.2, 0.25) is 10.0 Å². The molecule has 0 aliphatic rings. The molecule has 1 unspecified atom stereocenters. The molecule has 2 N–H and O–H groups in total. The van der Waals surface area contributed by atoms with E-state index in [1.165, 1.54) is 18.3 Å². The number of carbonyl (C=O) groups excluding carboxylic acids is 2. The highest BCUT2D eigenvalue weighted by molar-refractivity contribution is 6.42. The van der Waals surface area contributed by atoms with Crippen molar-refractivity contribution in [1.29, 1.82) is 0 Å². The first-order valence-corrected chi connectivity index (χ1v) is 9.89. The highest BCUT2D eigenvalue weighted by atomic mass is 35.5. The highest BCUT2D eigenvalue weighted by Crippen LogP contribution is 2.22. The van der Waals surface area contributed by atoms with E-state index in [9.17, 15) is 9.59 Å². The Hall–Kier alpha value is -2.57. The van der Waals surface area contributed by atoms with Crippen molar-refractivity contribution in [3.8, 4) is 5.75 Å². The molecule has 1 atom stereocenters. The second-order valence-corrected chi connectivity index (χ2v) is 7.37. The molecule has 0 fully saturated rings. The van der Waals surface area contributed by atoms with E-state index in [4.69, 9.17) is 27.9 Å². The summed E-state index contributed by atoms with van der Waals surface area (Å²) in [5.74, 6) is -0.232. The first-order chi connectivity index (χ1) is 13.8. The average Bonchev–Trinajstić information content (AvgIpc) is 2.69. The number of ether oxygens (including phenoxy) is 1. The molecule has 0 radical (unpaired) electrons. The topological polar surface area (TPSA) is 79.8 Å². The number of halogens is 2. The van der Waals surface area contributed by atoms with Gasteiger partial charge in [0.05, 0.1) is 22.9 Å². The van der Waals surface area contributed by atoms with E-state index in [2.05, 4.69) is 15.8 Å². The van der Waals surface area contributed by atoms with Crippen LogP contribution in [0.4, 0.5) is 0 Å². The number of amides is 2. The minimum Gasteiger partial charge on any atom is -0.494 e. The molecule has 2 aromatic rings. The quantitative estimate of drug-likeness (QED) is 0.479. The van der Waals surface area contributed by atoms with E-state index < -0.39 is 17.9 Å². The third-order valence-corrected chi connectivity index (χ3v) is 4.74. The molecule has 0 heterocycles. The fraction of sp³-hybridized carbons (Fsp3) is 0.286. The summed E-state index contributed by atoms with van der Waals surface area (Å²) < 4.78 is 5.38. The van der Waals surface area contributed by atoms with Crippen LogP contribution in [0.3, 0.4) is 0 Å². The smallest absolute Gasteiger partial charge is 0.262 e. The predicted octanol–water partition coefficient (Wildman–Crippen LogP) is 4.30. The van der Waals surface area contributed by atoms with E-state index in [1.807, 2.05) is 45.0 Å². The van der Waals surface area contributed by atoms with Gasteiger partial charge in [0.15, 0.2) is 0 Å². The Kier molecular flexibility index (Phi) is 8.49. The van der Waals surface area contributed by atoms with Crippen molar-refractivity contribution in [2.24, 2.45) is 11.0 Å². The van der Waals surface area contributed by atoms with E-state index in [-0.39, 0.29) is 10.9 Å². The minimum atomic E-state index is -0.769. The molecule has 2 amide bonds. The molecule has 0 bridgehead atoms. The van der Waals surface area contributed by atoms with Gasteiger partial charge < -0.3 is 10.1 Å². The molecule has 0 spiro atoms. The van der Waals surface area contributed by atoms with Gasteiger partial charge >= 0.3 is 0 Å². The van der Waals surface area contributed by atoms with E-state index in [0.717, 1.165) is 11.3 Å². The molecule has 0 saturated heterocycles. The largest absolute Gasteiger partial charge is 0.494 e. The van der Waals surface area contributed by atoms with Crippen LogP contribution in [-0.2, 0) is 4.79 Å². The number of nitrogens with zero attached hydrogens (tertiary/aromatic N) is 1. The second kappa shape index (κ2) is 10.8. The third-order valence-electron chi connectivity index (χ3n) is 4.00. The lowest BCUT2D eigenvalue weighted by Crippen LogP contribution is -2.48. The fourth-order valence-corrected chi connectivity index (χ4v) is 2.75. The van der Waals surface area contributed by atoms with Crippen LogP contribution < -0.4 is 15.5 Å². The summed E-state index contributed by atoms with van der Waals surface area (Å²) in [5.41, 5.74) is 3.58. The maximum Gasteiger partial charge on any atom is 0.262 e. The minimum absolute atomic E-state index is 0.151. The van der Waals surface area contributed by atoms with Gasteiger partial charge in [-0.1, -0.05) is 37.0 Å². The van der Waals surface area contributed by atoms with Gasteiger partial charge in [-0.15, -0.1) is 0 Å². The van der Waals surface area contributed by atoms with Crippen molar-refractivity contribution in [3.05, 3.63) is 63.6 Å². The van der Waals surface area contributed by atoms with Crippen LogP contribution in [0.5, 0.6) is 5.75 Å². The Morgan fingerprint density at radius 2 is 1.79 bits per heavy atom. The number of hydrogen-bond donors (Lipinski definition) is 2. The van der Waals surface area contributed by atoms with Gasteiger partial charge in [0.25, 0.3) is 11.8 Å². The van der Waals surface area contributed by atoms with Gasteiger partial charge in [0.1, 0.15) is 11.8 Å². The Morgan fingerprint density at radius 1 is 1.10 bits per heavy atom. The number of carbonyl (C=O) groups is 2. The molecule has 0 aromatic heterocycles. The Morgan fingerprint density at radius 3 is 2.38 bits per heavy atom. The summed E-state index contributed by atoms with van der Waals surface area (Å²) in [5, 5.41) is 7.30. The lowest BCUT2D eigenvalue weighted by Gasteiger charge is -2.20. The molecular formula is C21H23Cl2N3O3. The summed E-state index contributed by atoms with van der Waals surface area (Å²) in [4.78, 5) is 25.0. The van der Waals surface area contributed by atoms with Gasteiger partial charge in [-0.3, -0.25) is 9.59 Å². The molecule has 6 nitrogen and oxygen atoms in total. The Bertz CT molecular complexity index is 883. The number of rotatable bonds is 8. The van der Waals surface area contributed by atoms with Gasteiger partial charge in [0.2, 0.25) is 0 Å². The summed E-state index contributed by atoms with van der Waals surface area (Å²) in [6, 6.07) is 11.1. The number of hydrogen-bond acceptors (Lipinski definition) is 4. The molecule has 0 aliphatic heterocycles. The van der Waals surface area contributed by atoms with E-state index in [1.54, 1.807) is 6.07 Å². The predicted molar refractivity (Wildman–Crippen MR) is 116 cm³/mol. The maximum atomic E-state index is 12.5. The Balaban J connectivity index is 1.99. The SMILES string of the molecule is CCOc1ccc(/C=N/NC(=O)C(NC(=O)c2ccc(Cl)c(Cl)c2)C(C)C)cc1. The lowest BCUT2D eigenvalue weighted by atomic mass is 10.0. The summed E-state index contributed by atoms with van der Waals surface area (Å²) in [7, 11) is 0. The normalized spacial score (nSPS) is 12.1. The van der Waals surface area contributed by atoms with Gasteiger partial charge in [-0.2, -0.15) is 5.10 Å². The van der Waals surface area contributed by atoms with Crippen molar-refractivity contribution in [3.63, 3.8) is 0 Å². The fourth-order valence-electron chi connectivity index (χ4n) is 2.45. The molecule has 8 heteroatoms. The zero-order valence-corrected chi connectivity index (χ0v) is 17.9. The monoisotopic (exact) mass is 435 g/mol. The molecule has 2 rings (SSSR count). The van der Waals surface area contributed by atoms with Crippen LogP contribution in [0, 0.1) is 5.92 Å². The first-order valence-electron chi connectivity index (χ1n) is 9.13. The maximum absolute atomic E-state index is 12.5. The van der Waals surface area contributed by atoms with Gasteiger partial charge in [-0.25, -0.2) is 5.43 Å². The van der Waals surface area contributed by atoms with Crippen LogP contribution in [0.15, 0.2) is 47.6 Å². The number of nitrogens with one attached hydrogen (secondary N) is 2. The molecule has 0 saturated carbocycles. The van der Waals surface area contributed by atoms with Crippen molar-refractivity contribution in [2.45, 2.75) is 26.8 Å². The third kappa shape index (κ3) is 6.76. The summed E-state index contributed by atoms with van der Waals surface area (Å²) >= 11 is 11.8. The van der Waals surface area contributed by atoms with Gasteiger partial charge in [0, 0.05) is 5.56 Å². The first kappa shape index (κ1) is 22.7. The van der Waals surface area contributed by atoms with Crippen molar-refractivity contribution < 1.29 is 14.3 Å². The van der Waals surface area contributed by atoms with E-state index in [0.29, 0.717) is 17.2 Å². The van der Waals surface area contributed by atoms with Crippen LogP contribution >= 0.6 is 23.2 Å². The summed E-state index contributed by atoms with van der Waals surface area (Å²) in [6.45, 7) is 6.16. The number of benzene rings is 2. The molecular weight excluding hydrogens is 413 g/mol. The Labute approximate surface area is 180 Å². The van der Waals surface area contributed by atoms with Gasteiger partial charge in [-0.05, 0) is 60.9 Å². The van der Waals surface area contributed by atoms with Crippen molar-refractivity contribution in [1.82, 2.24) is 10.7 Å².